The highest BCUT2D eigenvalue weighted by molar-refractivity contribution is 4.98. The second-order valence-electron chi connectivity index (χ2n) is 4.83. The molecule has 2 nitrogen and oxygen atoms in total. The van der Waals surface area contributed by atoms with Gasteiger partial charge in [0.2, 0.25) is 0 Å². The van der Waals surface area contributed by atoms with Crippen molar-refractivity contribution in [1.29, 1.82) is 0 Å². The fourth-order valence-electron chi connectivity index (χ4n) is 1.91. The lowest BCUT2D eigenvalue weighted by Crippen LogP contribution is -2.21. The first-order valence-corrected chi connectivity index (χ1v) is 6.83. The second kappa shape index (κ2) is 10.7. The molecule has 3 heteroatoms. The molecule has 0 amide bonds. The maximum Gasteiger partial charge on any atom is 0.100 e. The van der Waals surface area contributed by atoms with E-state index in [1.54, 1.807) is 6.92 Å². The van der Waals surface area contributed by atoms with Crippen LogP contribution < -0.4 is 11.1 Å². The summed E-state index contributed by atoms with van der Waals surface area (Å²) in [7, 11) is 0. The van der Waals surface area contributed by atoms with Crippen LogP contribution in [0.4, 0.5) is 4.39 Å². The molecule has 0 aliphatic heterocycles. The van der Waals surface area contributed by atoms with Crippen LogP contribution in [0.5, 0.6) is 0 Å². The van der Waals surface area contributed by atoms with Gasteiger partial charge in [0.25, 0.3) is 0 Å². The summed E-state index contributed by atoms with van der Waals surface area (Å²) in [6.07, 6.45) is 4.37. The molecular formula is C14H29FN2. The van der Waals surface area contributed by atoms with Gasteiger partial charge < -0.3 is 11.1 Å². The van der Waals surface area contributed by atoms with Gasteiger partial charge in [-0.3, -0.25) is 0 Å². The van der Waals surface area contributed by atoms with Crippen LogP contribution in [0.1, 0.15) is 46.0 Å². The minimum absolute atomic E-state index is 0.126. The van der Waals surface area contributed by atoms with Gasteiger partial charge in [0.15, 0.2) is 0 Å². The second-order valence-corrected chi connectivity index (χ2v) is 4.83. The highest BCUT2D eigenvalue weighted by Gasteiger charge is 2.15. The molecule has 17 heavy (non-hydrogen) atoms. The predicted molar refractivity (Wildman–Crippen MR) is 73.9 cm³/mol. The van der Waals surface area contributed by atoms with Crippen LogP contribution in [-0.2, 0) is 0 Å². The van der Waals surface area contributed by atoms with Gasteiger partial charge in [-0.15, -0.1) is 0 Å². The maximum atomic E-state index is 13.2. The molecule has 0 fully saturated rings. The van der Waals surface area contributed by atoms with Crippen LogP contribution in [-0.4, -0.2) is 25.8 Å². The summed E-state index contributed by atoms with van der Waals surface area (Å²) in [4.78, 5) is 0. The van der Waals surface area contributed by atoms with E-state index in [9.17, 15) is 4.39 Å². The van der Waals surface area contributed by atoms with Crippen molar-refractivity contribution in [1.82, 2.24) is 5.32 Å². The molecular weight excluding hydrogens is 215 g/mol. The first-order valence-electron chi connectivity index (χ1n) is 6.83. The highest BCUT2D eigenvalue weighted by atomic mass is 19.1. The van der Waals surface area contributed by atoms with E-state index in [1.165, 1.54) is 6.42 Å². The third-order valence-electron chi connectivity index (χ3n) is 3.16. The Kier molecular flexibility index (Phi) is 10.5. The molecule has 0 radical (unpaired) electrons. The van der Waals surface area contributed by atoms with Gasteiger partial charge in [-0.25, -0.2) is 4.39 Å². The first kappa shape index (κ1) is 16.6. The van der Waals surface area contributed by atoms with Crippen molar-refractivity contribution in [2.75, 3.05) is 19.6 Å². The predicted octanol–water partition coefficient (Wildman–Crippen LogP) is 3.04. The topological polar surface area (TPSA) is 38.0 Å². The Morgan fingerprint density at radius 1 is 1.35 bits per heavy atom. The van der Waals surface area contributed by atoms with Gasteiger partial charge in [-0.2, -0.15) is 0 Å². The molecule has 0 aromatic heterocycles. The molecule has 2 unspecified atom stereocenters. The van der Waals surface area contributed by atoms with Crippen molar-refractivity contribution in [2.45, 2.75) is 52.1 Å². The number of nitrogens with one attached hydrogen (secondary N) is 1. The maximum absolute atomic E-state index is 13.2. The molecule has 0 bridgehead atoms. The van der Waals surface area contributed by atoms with Crippen molar-refractivity contribution in [2.24, 2.45) is 11.7 Å². The third-order valence-corrected chi connectivity index (χ3v) is 3.16. The minimum atomic E-state index is -0.735. The van der Waals surface area contributed by atoms with Crippen LogP contribution >= 0.6 is 0 Å². The van der Waals surface area contributed by atoms with Crippen molar-refractivity contribution in [3.05, 3.63) is 12.2 Å². The average Bonchev–Trinajstić information content (AvgIpc) is 2.30. The van der Waals surface area contributed by atoms with Gasteiger partial charge in [-0.05, 0) is 45.2 Å². The average molecular weight is 244 g/mol. The molecule has 0 heterocycles. The largest absolute Gasteiger partial charge is 0.330 e. The zero-order valence-electron chi connectivity index (χ0n) is 11.5. The molecule has 0 aliphatic carbocycles. The number of nitrogens with two attached hydrogens (primary N) is 1. The van der Waals surface area contributed by atoms with Gasteiger partial charge in [0.05, 0.1) is 0 Å². The molecule has 2 atom stereocenters. The third kappa shape index (κ3) is 9.31. The number of alkyl halides is 1. The van der Waals surface area contributed by atoms with Crippen molar-refractivity contribution in [3.63, 3.8) is 0 Å². The molecule has 0 aromatic carbocycles. The Hall–Kier alpha value is -0.410. The fraction of sp³-hybridized carbons (Fsp3) is 0.857. The molecule has 0 aromatic rings. The fourth-order valence-corrected chi connectivity index (χ4v) is 1.91. The van der Waals surface area contributed by atoms with E-state index in [0.717, 1.165) is 50.9 Å². The van der Waals surface area contributed by atoms with E-state index < -0.39 is 6.17 Å². The van der Waals surface area contributed by atoms with Crippen LogP contribution in [0.25, 0.3) is 0 Å². The zero-order chi connectivity index (χ0) is 13.1. The monoisotopic (exact) mass is 244 g/mol. The molecule has 0 rings (SSSR count). The van der Waals surface area contributed by atoms with E-state index in [1.807, 2.05) is 6.92 Å². The summed E-state index contributed by atoms with van der Waals surface area (Å²) in [5.74, 6) is 0.126. The molecule has 102 valence electrons. The number of hydrogen-bond donors (Lipinski definition) is 2. The van der Waals surface area contributed by atoms with Crippen LogP contribution in [0.15, 0.2) is 12.2 Å². The quantitative estimate of drug-likeness (QED) is 0.433. The Bertz CT molecular complexity index is 193. The lowest BCUT2D eigenvalue weighted by atomic mass is 9.94. The smallest absolute Gasteiger partial charge is 0.100 e. The number of unbranched alkanes of at least 4 members (excludes halogenated alkanes) is 2. The van der Waals surface area contributed by atoms with Crippen molar-refractivity contribution < 1.29 is 4.39 Å². The van der Waals surface area contributed by atoms with Crippen molar-refractivity contribution >= 4 is 0 Å². The number of hydrogen-bond acceptors (Lipinski definition) is 2. The van der Waals surface area contributed by atoms with E-state index in [0.29, 0.717) is 0 Å². The summed E-state index contributed by atoms with van der Waals surface area (Å²) in [5.41, 5.74) is 6.53. The van der Waals surface area contributed by atoms with Gasteiger partial charge in [0.1, 0.15) is 6.17 Å². The molecule has 0 saturated carbocycles. The SMILES string of the molecule is C=C(CNCCCCCN)CC(CC)C(C)F. The summed E-state index contributed by atoms with van der Waals surface area (Å²) < 4.78 is 13.2. The Balaban J connectivity index is 3.52. The lowest BCUT2D eigenvalue weighted by Gasteiger charge is -2.17. The van der Waals surface area contributed by atoms with Crippen molar-refractivity contribution in [3.8, 4) is 0 Å². The van der Waals surface area contributed by atoms with Gasteiger partial charge in [0, 0.05) is 6.54 Å². The van der Waals surface area contributed by atoms with E-state index in [2.05, 4.69) is 11.9 Å². The lowest BCUT2D eigenvalue weighted by molar-refractivity contribution is 0.240. The summed E-state index contributed by atoms with van der Waals surface area (Å²) in [5, 5.41) is 3.35. The molecule has 0 aliphatic rings. The summed E-state index contributed by atoms with van der Waals surface area (Å²) >= 11 is 0. The number of halogens is 1. The van der Waals surface area contributed by atoms with E-state index >= 15 is 0 Å². The van der Waals surface area contributed by atoms with Gasteiger partial charge >= 0.3 is 0 Å². The zero-order valence-corrected chi connectivity index (χ0v) is 11.5. The Labute approximate surface area is 106 Å². The normalized spacial score (nSPS) is 14.6. The van der Waals surface area contributed by atoms with Crippen LogP contribution in [0.3, 0.4) is 0 Å². The first-order chi connectivity index (χ1) is 8.11. The van der Waals surface area contributed by atoms with E-state index in [-0.39, 0.29) is 5.92 Å². The van der Waals surface area contributed by atoms with Crippen LogP contribution in [0.2, 0.25) is 0 Å². The Morgan fingerprint density at radius 2 is 2.06 bits per heavy atom. The minimum Gasteiger partial charge on any atom is -0.330 e. The van der Waals surface area contributed by atoms with Gasteiger partial charge in [-0.1, -0.05) is 31.9 Å². The summed E-state index contributed by atoms with van der Waals surface area (Å²) in [6, 6.07) is 0. The molecule has 0 saturated heterocycles. The standard InChI is InChI=1S/C14H29FN2/c1-4-14(13(3)15)10-12(2)11-17-9-7-5-6-8-16/h13-14,17H,2,4-11,16H2,1,3H3. The molecule has 0 spiro atoms. The summed E-state index contributed by atoms with van der Waals surface area (Å²) in [6.45, 7) is 10.3. The highest BCUT2D eigenvalue weighted by Crippen LogP contribution is 2.19. The van der Waals surface area contributed by atoms with Crippen LogP contribution in [0, 0.1) is 5.92 Å². The van der Waals surface area contributed by atoms with E-state index in [4.69, 9.17) is 5.73 Å². The Morgan fingerprint density at radius 3 is 2.59 bits per heavy atom. The molecule has 3 N–H and O–H groups in total. The number of rotatable bonds is 11.